The van der Waals surface area contributed by atoms with Crippen molar-refractivity contribution < 1.29 is 44.3 Å². The molecule has 0 saturated carbocycles. The van der Waals surface area contributed by atoms with Gasteiger partial charge in [-0.3, -0.25) is 4.90 Å². The number of hydrogen-bond donors (Lipinski definition) is 0. The maximum absolute atomic E-state index is 12.6. The van der Waals surface area contributed by atoms with Crippen LogP contribution < -0.4 is 4.90 Å². The quantitative estimate of drug-likeness (QED) is 0.654. The second-order valence-electron chi connectivity index (χ2n) is 6.79. The van der Waals surface area contributed by atoms with Gasteiger partial charge in [0.15, 0.2) is 9.84 Å². The molecule has 0 radical (unpaired) electrons. The van der Waals surface area contributed by atoms with Crippen molar-refractivity contribution in [2.24, 2.45) is 0 Å². The van der Waals surface area contributed by atoms with Gasteiger partial charge in [0.1, 0.15) is 0 Å². The highest BCUT2D eigenvalue weighted by Crippen LogP contribution is 2.37. The monoisotopic (exact) mass is 446 g/mol. The average Bonchev–Trinajstić information content (AvgIpc) is 3.00. The van der Waals surface area contributed by atoms with E-state index in [0.29, 0.717) is 16.8 Å². The number of carbonyl (C=O) groups excluding carboxylic acids is 1. The van der Waals surface area contributed by atoms with E-state index in [1.54, 1.807) is 18.2 Å². The van der Waals surface area contributed by atoms with Crippen LogP contribution >= 0.6 is 0 Å². The summed E-state index contributed by atoms with van der Waals surface area (Å²) in [4.78, 5) is 14.5. The fourth-order valence-electron chi connectivity index (χ4n) is 3.17. The number of carbonyl (C=O) groups is 1. The predicted molar refractivity (Wildman–Crippen MR) is 88.9 cm³/mol. The van der Waals surface area contributed by atoms with E-state index in [-0.39, 0.29) is 37.7 Å². The van der Waals surface area contributed by atoms with Gasteiger partial charge in [0.25, 0.3) is 6.10 Å². The minimum Gasteiger partial charge on any atom is -0.426 e. The fraction of sp³-hybridized carbons (Fsp3) is 0.562. The lowest BCUT2D eigenvalue weighted by Crippen LogP contribution is -2.47. The molecule has 1 aromatic carbocycles. The number of benzene rings is 1. The topological polar surface area (TPSA) is 66.9 Å². The van der Waals surface area contributed by atoms with Crippen molar-refractivity contribution in [1.29, 1.82) is 0 Å². The van der Waals surface area contributed by atoms with E-state index < -0.39 is 34.4 Å². The molecule has 1 fully saturated rings. The van der Waals surface area contributed by atoms with Crippen LogP contribution in [0, 0.1) is 0 Å². The Hall–Kier alpha value is -2.18. The minimum atomic E-state index is -5.78. The first-order chi connectivity index (χ1) is 13.3. The smallest absolute Gasteiger partial charge is 0.426 e. The van der Waals surface area contributed by atoms with Gasteiger partial charge in [-0.05, 0) is 23.3 Å². The summed E-state index contributed by atoms with van der Waals surface area (Å²) in [6.07, 6.45) is -17.5. The van der Waals surface area contributed by atoms with Crippen LogP contribution in [-0.2, 0) is 27.7 Å². The molecule has 0 unspecified atom stereocenters. The minimum absolute atomic E-state index is 0.0151. The zero-order valence-electron chi connectivity index (χ0n) is 14.8. The SMILES string of the molecule is O=C(OC(C(F)(F)F)C(F)(F)F)N1Cc2ccc(N3CCS(=O)(=O)CC3)cc2C1. The van der Waals surface area contributed by atoms with Crippen molar-refractivity contribution >= 4 is 21.6 Å². The summed E-state index contributed by atoms with van der Waals surface area (Å²) in [6, 6.07) is 4.91. The zero-order chi connectivity index (χ0) is 21.6. The highest BCUT2D eigenvalue weighted by atomic mass is 32.2. The van der Waals surface area contributed by atoms with Gasteiger partial charge in [0.2, 0.25) is 0 Å². The van der Waals surface area contributed by atoms with Crippen LogP contribution in [0.5, 0.6) is 0 Å². The van der Waals surface area contributed by atoms with Crippen molar-refractivity contribution in [3.63, 3.8) is 0 Å². The number of sulfone groups is 1. The molecular formula is C16H16F6N2O4S. The first-order valence-corrected chi connectivity index (χ1v) is 10.2. The second kappa shape index (κ2) is 7.26. The number of nitrogens with zero attached hydrogens (tertiary/aromatic N) is 2. The fourth-order valence-corrected chi connectivity index (χ4v) is 4.37. The Morgan fingerprint density at radius 1 is 0.966 bits per heavy atom. The summed E-state index contributed by atoms with van der Waals surface area (Å²) >= 11 is 0. The molecule has 0 aliphatic carbocycles. The molecule has 2 heterocycles. The van der Waals surface area contributed by atoms with E-state index in [0.717, 1.165) is 4.90 Å². The molecule has 0 aromatic heterocycles. The van der Waals surface area contributed by atoms with Crippen molar-refractivity contribution in [2.45, 2.75) is 31.5 Å². The van der Waals surface area contributed by atoms with E-state index in [1.807, 2.05) is 4.90 Å². The van der Waals surface area contributed by atoms with Crippen LogP contribution in [0.1, 0.15) is 11.1 Å². The Morgan fingerprint density at radius 3 is 2.07 bits per heavy atom. The molecule has 2 aliphatic rings. The molecule has 0 bridgehead atoms. The third-order valence-electron chi connectivity index (χ3n) is 4.69. The van der Waals surface area contributed by atoms with Crippen molar-refractivity contribution in [3.8, 4) is 0 Å². The molecule has 13 heteroatoms. The standard InChI is InChI=1S/C16H16F6N2O4S/c17-15(18,19)13(16(20,21)22)28-14(25)24-8-10-1-2-12(7-11(10)9-24)23-3-5-29(26,27)6-4-23/h1-2,7,13H,3-6,8-9H2. The number of amides is 1. The van der Waals surface area contributed by atoms with Gasteiger partial charge < -0.3 is 9.64 Å². The van der Waals surface area contributed by atoms with Crippen molar-refractivity contribution in [2.75, 3.05) is 29.5 Å². The van der Waals surface area contributed by atoms with Gasteiger partial charge in [-0.2, -0.15) is 26.3 Å². The molecule has 0 atom stereocenters. The Kier molecular flexibility index (Phi) is 5.39. The number of fused-ring (bicyclic) bond motifs is 1. The van der Waals surface area contributed by atoms with Gasteiger partial charge in [-0.1, -0.05) is 6.07 Å². The van der Waals surface area contributed by atoms with Gasteiger partial charge in [-0.25, -0.2) is 13.2 Å². The molecule has 6 nitrogen and oxygen atoms in total. The number of alkyl halides is 6. The predicted octanol–water partition coefficient (Wildman–Crippen LogP) is 2.87. The molecule has 1 saturated heterocycles. The summed E-state index contributed by atoms with van der Waals surface area (Å²) in [5, 5.41) is 0. The van der Waals surface area contributed by atoms with Crippen molar-refractivity contribution in [1.82, 2.24) is 4.90 Å². The van der Waals surface area contributed by atoms with Gasteiger partial charge in [0, 0.05) is 31.9 Å². The largest absolute Gasteiger partial charge is 0.434 e. The molecule has 1 aromatic rings. The molecule has 0 spiro atoms. The lowest BCUT2D eigenvalue weighted by Gasteiger charge is -2.29. The summed E-state index contributed by atoms with van der Waals surface area (Å²) in [5.41, 5.74) is 1.77. The Bertz CT molecular complexity index is 872. The van der Waals surface area contributed by atoms with Crippen LogP contribution in [0.2, 0.25) is 0 Å². The molecule has 0 N–H and O–H groups in total. The Balaban J connectivity index is 1.69. The summed E-state index contributed by atoms with van der Waals surface area (Å²) in [6.45, 7) is 0.138. The maximum atomic E-state index is 12.6. The van der Waals surface area contributed by atoms with E-state index >= 15 is 0 Å². The first-order valence-electron chi connectivity index (χ1n) is 8.42. The summed E-state index contributed by atoms with van der Waals surface area (Å²) in [7, 11) is -3.09. The highest BCUT2D eigenvalue weighted by Gasteiger charge is 2.60. The van der Waals surface area contributed by atoms with Crippen LogP contribution in [0.25, 0.3) is 0 Å². The van der Waals surface area contributed by atoms with E-state index in [4.69, 9.17) is 0 Å². The maximum Gasteiger partial charge on any atom is 0.434 e. The van der Waals surface area contributed by atoms with E-state index in [1.165, 1.54) is 0 Å². The number of rotatable bonds is 2. The molecule has 162 valence electrons. The number of halogens is 6. The molecular weight excluding hydrogens is 430 g/mol. The molecule has 1 amide bonds. The normalized spacial score (nSPS) is 19.4. The Morgan fingerprint density at radius 2 is 1.52 bits per heavy atom. The van der Waals surface area contributed by atoms with Gasteiger partial charge in [0.05, 0.1) is 11.5 Å². The lowest BCUT2D eigenvalue weighted by molar-refractivity contribution is -0.308. The van der Waals surface area contributed by atoms with Crippen molar-refractivity contribution in [3.05, 3.63) is 29.3 Å². The lowest BCUT2D eigenvalue weighted by atomic mass is 10.1. The second-order valence-corrected chi connectivity index (χ2v) is 9.10. The van der Waals surface area contributed by atoms with Gasteiger partial charge in [-0.15, -0.1) is 0 Å². The third-order valence-corrected chi connectivity index (χ3v) is 6.30. The molecule has 29 heavy (non-hydrogen) atoms. The zero-order valence-corrected chi connectivity index (χ0v) is 15.6. The number of ether oxygens (including phenoxy) is 1. The highest BCUT2D eigenvalue weighted by molar-refractivity contribution is 7.91. The van der Waals surface area contributed by atoms with Crippen LogP contribution in [0.3, 0.4) is 0 Å². The van der Waals surface area contributed by atoms with Gasteiger partial charge >= 0.3 is 18.4 Å². The summed E-state index contributed by atoms with van der Waals surface area (Å²) in [5.74, 6) is -0.0301. The first kappa shape index (κ1) is 21.5. The number of anilines is 1. The van der Waals surface area contributed by atoms with Crippen LogP contribution in [-0.4, -0.2) is 62.5 Å². The van der Waals surface area contributed by atoms with Crippen LogP contribution in [0.4, 0.5) is 36.8 Å². The third kappa shape index (κ3) is 4.87. The summed E-state index contributed by atoms with van der Waals surface area (Å²) < 4.78 is 102. The molecule has 3 rings (SSSR count). The molecule has 2 aliphatic heterocycles. The van der Waals surface area contributed by atoms with Crippen LogP contribution in [0.15, 0.2) is 18.2 Å². The Labute approximate surface area is 161 Å². The van der Waals surface area contributed by atoms with E-state index in [2.05, 4.69) is 4.74 Å². The van der Waals surface area contributed by atoms with E-state index in [9.17, 15) is 39.6 Å². The average molecular weight is 446 g/mol. The number of hydrogen-bond acceptors (Lipinski definition) is 5.